The maximum absolute atomic E-state index is 12.1. The van der Waals surface area contributed by atoms with Gasteiger partial charge in [-0.1, -0.05) is 17.7 Å². The van der Waals surface area contributed by atoms with Crippen molar-refractivity contribution in [2.24, 2.45) is 11.7 Å². The Morgan fingerprint density at radius 2 is 2.11 bits per heavy atom. The van der Waals surface area contributed by atoms with Crippen molar-refractivity contribution in [2.45, 2.75) is 19.8 Å². The lowest BCUT2D eigenvalue weighted by atomic mass is 9.98. The van der Waals surface area contributed by atoms with Gasteiger partial charge in [0.2, 0.25) is 0 Å². The molecule has 1 aliphatic rings. The van der Waals surface area contributed by atoms with E-state index < -0.39 is 0 Å². The number of guanidine groups is 1. The molecule has 0 radical (unpaired) electrons. The highest BCUT2D eigenvalue weighted by Gasteiger charge is 2.27. The van der Waals surface area contributed by atoms with Crippen LogP contribution in [0.15, 0.2) is 24.3 Å². The van der Waals surface area contributed by atoms with Gasteiger partial charge in [-0.2, -0.15) is 0 Å². The largest absolute Gasteiger partial charge is 0.426 e. The van der Waals surface area contributed by atoms with Crippen molar-refractivity contribution in [3.8, 4) is 5.75 Å². The highest BCUT2D eigenvalue weighted by atomic mass is 16.5. The van der Waals surface area contributed by atoms with Crippen molar-refractivity contribution in [2.75, 3.05) is 13.1 Å². The molecule has 0 amide bonds. The van der Waals surface area contributed by atoms with Crippen LogP contribution in [-0.4, -0.2) is 29.9 Å². The summed E-state index contributed by atoms with van der Waals surface area (Å²) < 4.78 is 5.36. The van der Waals surface area contributed by atoms with Crippen molar-refractivity contribution in [1.29, 1.82) is 5.41 Å². The number of aryl methyl sites for hydroxylation is 1. The van der Waals surface area contributed by atoms with Gasteiger partial charge < -0.3 is 15.4 Å². The first-order valence-electron chi connectivity index (χ1n) is 6.43. The van der Waals surface area contributed by atoms with Gasteiger partial charge in [-0.3, -0.25) is 10.2 Å². The molecule has 19 heavy (non-hydrogen) atoms. The van der Waals surface area contributed by atoms with E-state index in [9.17, 15) is 4.79 Å². The minimum atomic E-state index is -0.241. The van der Waals surface area contributed by atoms with Crippen molar-refractivity contribution in [1.82, 2.24) is 4.90 Å². The Kier molecular flexibility index (Phi) is 4.04. The number of ether oxygens (including phenoxy) is 1. The van der Waals surface area contributed by atoms with E-state index in [1.807, 2.05) is 19.1 Å². The summed E-state index contributed by atoms with van der Waals surface area (Å²) >= 11 is 0. The molecule has 0 saturated carbocycles. The van der Waals surface area contributed by atoms with E-state index in [1.54, 1.807) is 17.0 Å². The number of nitrogens with two attached hydrogens (primary N) is 1. The Balaban J connectivity index is 1.96. The Labute approximate surface area is 112 Å². The third-order valence-electron chi connectivity index (χ3n) is 3.33. The molecule has 1 aliphatic heterocycles. The summed E-state index contributed by atoms with van der Waals surface area (Å²) in [5.41, 5.74) is 6.58. The Bertz CT molecular complexity index is 470. The van der Waals surface area contributed by atoms with Gasteiger partial charge in [0.25, 0.3) is 0 Å². The first-order chi connectivity index (χ1) is 9.06. The summed E-state index contributed by atoms with van der Waals surface area (Å²) in [4.78, 5) is 13.8. The zero-order valence-corrected chi connectivity index (χ0v) is 11.1. The van der Waals surface area contributed by atoms with Gasteiger partial charge >= 0.3 is 5.97 Å². The van der Waals surface area contributed by atoms with E-state index in [0.717, 1.165) is 24.9 Å². The Morgan fingerprint density at radius 3 is 2.74 bits per heavy atom. The van der Waals surface area contributed by atoms with Crippen LogP contribution in [0.5, 0.6) is 5.75 Å². The second kappa shape index (κ2) is 5.73. The monoisotopic (exact) mass is 261 g/mol. The lowest BCUT2D eigenvalue weighted by molar-refractivity contribution is -0.140. The van der Waals surface area contributed by atoms with Crippen molar-refractivity contribution < 1.29 is 9.53 Å². The average Bonchev–Trinajstić information content (AvgIpc) is 2.41. The van der Waals surface area contributed by atoms with Crippen molar-refractivity contribution in [3.63, 3.8) is 0 Å². The standard InChI is InChI=1S/C14H19N3O2/c1-10-4-6-12(7-5-10)19-13(18)11-3-2-8-17(9-11)14(15)16/h4-7,11H,2-3,8-9H2,1H3,(H3,15,16). The summed E-state index contributed by atoms with van der Waals surface area (Å²) in [5, 5.41) is 7.42. The number of hydrogen-bond acceptors (Lipinski definition) is 3. The quantitative estimate of drug-likeness (QED) is 0.366. The number of nitrogens with one attached hydrogen (secondary N) is 1. The van der Waals surface area contributed by atoms with E-state index >= 15 is 0 Å². The molecule has 1 aromatic rings. The number of carbonyl (C=O) groups is 1. The van der Waals surface area contributed by atoms with Gasteiger partial charge in [0, 0.05) is 13.1 Å². The summed E-state index contributed by atoms with van der Waals surface area (Å²) in [5.74, 6) is 0.136. The summed E-state index contributed by atoms with van der Waals surface area (Å²) in [7, 11) is 0. The van der Waals surface area contributed by atoms with Crippen LogP contribution in [0.1, 0.15) is 18.4 Å². The summed E-state index contributed by atoms with van der Waals surface area (Å²) in [6.45, 7) is 3.20. The Morgan fingerprint density at radius 1 is 1.42 bits per heavy atom. The number of carbonyl (C=O) groups excluding carboxylic acids is 1. The number of nitrogens with zero attached hydrogens (tertiary/aromatic N) is 1. The SMILES string of the molecule is Cc1ccc(OC(=O)C2CCCN(C(=N)N)C2)cc1. The van der Waals surface area contributed by atoms with Gasteiger partial charge in [0.05, 0.1) is 5.92 Å². The molecule has 3 N–H and O–H groups in total. The van der Waals surface area contributed by atoms with E-state index in [0.29, 0.717) is 12.3 Å². The van der Waals surface area contributed by atoms with E-state index in [4.69, 9.17) is 15.9 Å². The zero-order valence-electron chi connectivity index (χ0n) is 11.1. The summed E-state index contributed by atoms with van der Waals surface area (Å²) in [6, 6.07) is 7.40. The van der Waals surface area contributed by atoms with Crippen LogP contribution < -0.4 is 10.5 Å². The first-order valence-corrected chi connectivity index (χ1v) is 6.43. The van der Waals surface area contributed by atoms with E-state index in [-0.39, 0.29) is 17.8 Å². The molecule has 0 aromatic heterocycles. The van der Waals surface area contributed by atoms with Crippen molar-refractivity contribution in [3.05, 3.63) is 29.8 Å². The smallest absolute Gasteiger partial charge is 0.316 e. The molecule has 102 valence electrons. The average molecular weight is 261 g/mol. The van der Waals surface area contributed by atoms with Crippen LogP contribution in [0.2, 0.25) is 0 Å². The molecule has 5 heteroatoms. The minimum absolute atomic E-state index is 0.0211. The molecule has 1 saturated heterocycles. The minimum Gasteiger partial charge on any atom is -0.426 e. The number of benzene rings is 1. The lowest BCUT2D eigenvalue weighted by Crippen LogP contribution is -2.46. The second-order valence-corrected chi connectivity index (χ2v) is 4.90. The molecule has 1 fully saturated rings. The molecule has 5 nitrogen and oxygen atoms in total. The normalized spacial score (nSPS) is 19.0. The van der Waals surface area contributed by atoms with Crippen LogP contribution in [0.25, 0.3) is 0 Å². The van der Waals surface area contributed by atoms with Gasteiger partial charge in [-0.15, -0.1) is 0 Å². The highest BCUT2D eigenvalue weighted by molar-refractivity contribution is 5.78. The van der Waals surface area contributed by atoms with Crippen LogP contribution in [0.4, 0.5) is 0 Å². The maximum atomic E-state index is 12.1. The van der Waals surface area contributed by atoms with Crippen LogP contribution in [0.3, 0.4) is 0 Å². The molecule has 0 bridgehead atoms. The predicted octanol–water partition coefficient (Wildman–Crippen LogP) is 1.51. The van der Waals surface area contributed by atoms with Gasteiger partial charge in [0.1, 0.15) is 5.75 Å². The highest BCUT2D eigenvalue weighted by Crippen LogP contribution is 2.20. The Hall–Kier alpha value is -2.04. The topological polar surface area (TPSA) is 79.4 Å². The lowest BCUT2D eigenvalue weighted by Gasteiger charge is -2.31. The van der Waals surface area contributed by atoms with E-state index in [2.05, 4.69) is 0 Å². The number of piperidine rings is 1. The molecular formula is C14H19N3O2. The van der Waals surface area contributed by atoms with Gasteiger partial charge in [0.15, 0.2) is 5.96 Å². The number of esters is 1. The van der Waals surface area contributed by atoms with Crippen molar-refractivity contribution >= 4 is 11.9 Å². The summed E-state index contributed by atoms with van der Waals surface area (Å²) in [6.07, 6.45) is 1.64. The molecule has 0 spiro atoms. The fraction of sp³-hybridized carbons (Fsp3) is 0.429. The third-order valence-corrected chi connectivity index (χ3v) is 3.33. The second-order valence-electron chi connectivity index (χ2n) is 4.90. The number of rotatable bonds is 2. The molecular weight excluding hydrogens is 242 g/mol. The zero-order chi connectivity index (χ0) is 13.8. The van der Waals surface area contributed by atoms with Gasteiger partial charge in [-0.05, 0) is 31.9 Å². The van der Waals surface area contributed by atoms with E-state index in [1.165, 1.54) is 0 Å². The molecule has 0 aliphatic carbocycles. The predicted molar refractivity (Wildman–Crippen MR) is 73.0 cm³/mol. The fourth-order valence-electron chi connectivity index (χ4n) is 2.19. The van der Waals surface area contributed by atoms with Crippen LogP contribution in [-0.2, 0) is 4.79 Å². The van der Waals surface area contributed by atoms with Crippen LogP contribution in [0, 0.1) is 18.3 Å². The fourth-order valence-corrected chi connectivity index (χ4v) is 2.19. The molecule has 1 unspecified atom stereocenters. The molecule has 1 heterocycles. The number of hydrogen-bond donors (Lipinski definition) is 2. The third kappa shape index (κ3) is 3.47. The molecule has 2 rings (SSSR count). The maximum Gasteiger partial charge on any atom is 0.316 e. The van der Waals surface area contributed by atoms with Gasteiger partial charge in [-0.25, -0.2) is 0 Å². The first kappa shape index (κ1) is 13.4. The molecule has 1 aromatic carbocycles. The molecule has 1 atom stereocenters. The number of likely N-dealkylation sites (tertiary alicyclic amines) is 1. The van der Waals surface area contributed by atoms with Crippen LogP contribution >= 0.6 is 0 Å².